The summed E-state index contributed by atoms with van der Waals surface area (Å²) >= 11 is 0. The largest absolute Gasteiger partial charge is 0.496 e. The average Bonchev–Trinajstić information content (AvgIpc) is 3.35. The van der Waals surface area contributed by atoms with Crippen molar-refractivity contribution in [2.24, 2.45) is 4.99 Å². The molecule has 2 heterocycles. The van der Waals surface area contributed by atoms with Crippen LogP contribution in [-0.4, -0.2) is 58.9 Å². The summed E-state index contributed by atoms with van der Waals surface area (Å²) in [6, 6.07) is 7.91. The number of ether oxygens (including phenoxy) is 3. The van der Waals surface area contributed by atoms with Gasteiger partial charge in [-0.05, 0) is 44.1 Å². The van der Waals surface area contributed by atoms with E-state index in [0.717, 1.165) is 30.2 Å². The molecule has 1 aromatic heterocycles. The number of aliphatic imine (C=N–C) groups is 1. The number of methoxy groups -OCH3 is 3. The minimum Gasteiger partial charge on any atom is -0.496 e. The first-order valence-electron chi connectivity index (χ1n) is 10.7. The Morgan fingerprint density at radius 2 is 1.72 bits per heavy atom. The maximum absolute atomic E-state index is 5.74. The molecule has 0 amide bonds. The second kappa shape index (κ2) is 13.4. The molecule has 1 atom stereocenters. The third-order valence-electron chi connectivity index (χ3n) is 5.62. The first-order valence-corrected chi connectivity index (χ1v) is 10.7. The minimum absolute atomic E-state index is 0. The van der Waals surface area contributed by atoms with Crippen molar-refractivity contribution >= 4 is 29.9 Å². The Morgan fingerprint density at radius 3 is 2.31 bits per heavy atom. The Hall–Kier alpha value is -2.14. The van der Waals surface area contributed by atoms with Crippen LogP contribution in [0, 0.1) is 0 Å². The molecule has 0 saturated carbocycles. The molecule has 8 nitrogen and oxygen atoms in total. The topological polar surface area (TPSA) is 80.5 Å². The molecule has 0 radical (unpaired) electrons. The Morgan fingerprint density at radius 1 is 1.03 bits per heavy atom. The average molecular weight is 558 g/mol. The van der Waals surface area contributed by atoms with Crippen molar-refractivity contribution in [3.63, 3.8) is 0 Å². The maximum Gasteiger partial charge on any atom is 0.191 e. The smallest absolute Gasteiger partial charge is 0.191 e. The van der Waals surface area contributed by atoms with Gasteiger partial charge in [0.05, 0.1) is 33.6 Å². The van der Waals surface area contributed by atoms with Gasteiger partial charge in [-0.3, -0.25) is 9.89 Å². The third kappa shape index (κ3) is 6.68. The number of benzene rings is 1. The number of furan rings is 1. The van der Waals surface area contributed by atoms with Gasteiger partial charge in [-0.2, -0.15) is 0 Å². The second-order valence-electron chi connectivity index (χ2n) is 7.45. The molecule has 9 heteroatoms. The Kier molecular flexibility index (Phi) is 10.9. The minimum atomic E-state index is 0. The van der Waals surface area contributed by atoms with E-state index >= 15 is 0 Å². The fourth-order valence-corrected chi connectivity index (χ4v) is 3.94. The van der Waals surface area contributed by atoms with Gasteiger partial charge in [0.2, 0.25) is 0 Å². The molecule has 0 spiro atoms. The molecular weight excluding hydrogens is 523 g/mol. The van der Waals surface area contributed by atoms with Gasteiger partial charge in [-0.25, -0.2) is 0 Å². The second-order valence-corrected chi connectivity index (χ2v) is 7.45. The number of hydrogen-bond donors (Lipinski definition) is 2. The van der Waals surface area contributed by atoms with Crippen molar-refractivity contribution in [1.82, 2.24) is 15.5 Å². The molecule has 1 aliphatic rings. The zero-order valence-corrected chi connectivity index (χ0v) is 21.7. The van der Waals surface area contributed by atoms with Crippen LogP contribution in [0.2, 0.25) is 0 Å². The highest BCUT2D eigenvalue weighted by Gasteiger charge is 2.24. The number of hydrogen-bond acceptors (Lipinski definition) is 6. The van der Waals surface area contributed by atoms with Crippen LogP contribution in [0.15, 0.2) is 39.9 Å². The van der Waals surface area contributed by atoms with Crippen LogP contribution < -0.4 is 24.8 Å². The molecule has 1 unspecified atom stereocenters. The number of piperidine rings is 1. The van der Waals surface area contributed by atoms with Gasteiger partial charge in [-0.15, -0.1) is 24.0 Å². The van der Waals surface area contributed by atoms with E-state index in [1.807, 2.05) is 24.3 Å². The summed E-state index contributed by atoms with van der Waals surface area (Å²) in [4.78, 5) is 6.87. The third-order valence-corrected chi connectivity index (χ3v) is 5.62. The first kappa shape index (κ1) is 26.1. The number of likely N-dealkylation sites (tertiary alicyclic amines) is 1. The Labute approximate surface area is 207 Å². The number of rotatable bonds is 9. The molecule has 3 rings (SSSR count). The molecule has 0 bridgehead atoms. The molecule has 178 valence electrons. The van der Waals surface area contributed by atoms with Crippen molar-refractivity contribution in [2.45, 2.75) is 31.8 Å². The van der Waals surface area contributed by atoms with Crippen molar-refractivity contribution < 1.29 is 18.6 Å². The van der Waals surface area contributed by atoms with Crippen LogP contribution in [0.25, 0.3) is 0 Å². The molecular formula is C23H35IN4O4. The lowest BCUT2D eigenvalue weighted by molar-refractivity contribution is 0.146. The lowest BCUT2D eigenvalue weighted by atomic mass is 10.1. The normalized spacial score (nSPS) is 15.4. The predicted molar refractivity (Wildman–Crippen MR) is 137 cm³/mol. The van der Waals surface area contributed by atoms with Crippen molar-refractivity contribution in [3.05, 3.63) is 41.9 Å². The van der Waals surface area contributed by atoms with Gasteiger partial charge >= 0.3 is 0 Å². The number of halogens is 1. The highest BCUT2D eigenvalue weighted by Crippen LogP contribution is 2.34. The van der Waals surface area contributed by atoms with Crippen LogP contribution in [-0.2, 0) is 6.54 Å². The monoisotopic (exact) mass is 558 g/mol. The summed E-state index contributed by atoms with van der Waals surface area (Å²) in [6.07, 6.45) is 5.49. The lowest BCUT2D eigenvalue weighted by Crippen LogP contribution is -2.44. The Balaban J connectivity index is 0.00000363. The van der Waals surface area contributed by atoms with Crippen LogP contribution in [0.1, 0.15) is 36.6 Å². The number of nitrogens with one attached hydrogen (secondary N) is 2. The molecule has 1 fully saturated rings. The molecule has 32 heavy (non-hydrogen) atoms. The molecule has 1 saturated heterocycles. The van der Waals surface area contributed by atoms with Crippen molar-refractivity contribution in [2.75, 3.05) is 48.0 Å². The highest BCUT2D eigenvalue weighted by molar-refractivity contribution is 14.0. The fourth-order valence-electron chi connectivity index (χ4n) is 3.94. The van der Waals surface area contributed by atoms with E-state index in [2.05, 4.69) is 20.5 Å². The summed E-state index contributed by atoms with van der Waals surface area (Å²) in [6.45, 7) is 3.40. The maximum atomic E-state index is 5.74. The van der Waals surface area contributed by atoms with E-state index in [-0.39, 0.29) is 30.0 Å². The standard InChI is InChI=1S/C23H34N4O4.HI/c1-24-23(25-15-17-13-21(29-3)22(30-4)14-20(17)28-2)26-16-18(19-9-8-12-31-19)27-10-6-5-7-11-27;/h8-9,12-14,18H,5-7,10-11,15-16H2,1-4H3,(H2,24,25,26);1H. The summed E-state index contributed by atoms with van der Waals surface area (Å²) < 4.78 is 22.1. The van der Waals surface area contributed by atoms with E-state index in [1.54, 1.807) is 34.6 Å². The quantitative estimate of drug-likeness (QED) is 0.275. The molecule has 1 aliphatic heterocycles. The van der Waals surface area contributed by atoms with Crippen LogP contribution in [0.4, 0.5) is 0 Å². The first-order chi connectivity index (χ1) is 15.2. The van der Waals surface area contributed by atoms with E-state index in [9.17, 15) is 0 Å². The lowest BCUT2D eigenvalue weighted by Gasteiger charge is -2.33. The highest BCUT2D eigenvalue weighted by atomic mass is 127. The van der Waals surface area contributed by atoms with Crippen molar-refractivity contribution in [1.29, 1.82) is 0 Å². The van der Waals surface area contributed by atoms with Gasteiger partial charge in [0.15, 0.2) is 17.5 Å². The van der Waals surface area contributed by atoms with Crippen LogP contribution in [0.5, 0.6) is 17.2 Å². The summed E-state index contributed by atoms with van der Waals surface area (Å²) in [5.74, 6) is 3.71. The predicted octanol–water partition coefficient (Wildman–Crippen LogP) is 3.82. The Bertz CT molecular complexity index is 839. The van der Waals surface area contributed by atoms with E-state index < -0.39 is 0 Å². The molecule has 2 aromatic rings. The summed E-state index contributed by atoms with van der Waals surface area (Å²) in [7, 11) is 6.64. The van der Waals surface area contributed by atoms with Gasteiger partial charge in [0.25, 0.3) is 0 Å². The SMILES string of the molecule is CN=C(NCc1cc(OC)c(OC)cc1OC)NCC(c1ccco1)N1CCCCC1.I. The fraction of sp³-hybridized carbons (Fsp3) is 0.522. The van der Waals surface area contributed by atoms with Crippen LogP contribution in [0.3, 0.4) is 0 Å². The van der Waals surface area contributed by atoms with Crippen LogP contribution >= 0.6 is 24.0 Å². The van der Waals surface area contributed by atoms with E-state index in [4.69, 9.17) is 18.6 Å². The van der Waals surface area contributed by atoms with Gasteiger partial charge < -0.3 is 29.3 Å². The van der Waals surface area contributed by atoms with Gasteiger partial charge in [-0.1, -0.05) is 6.42 Å². The summed E-state index contributed by atoms with van der Waals surface area (Å²) in [5, 5.41) is 6.82. The van der Waals surface area contributed by atoms with E-state index in [1.165, 1.54) is 19.3 Å². The zero-order valence-electron chi connectivity index (χ0n) is 19.3. The van der Waals surface area contributed by atoms with Gasteiger partial charge in [0.1, 0.15) is 11.5 Å². The van der Waals surface area contributed by atoms with Gasteiger partial charge in [0, 0.05) is 31.8 Å². The molecule has 0 aliphatic carbocycles. The molecule has 1 aromatic carbocycles. The zero-order chi connectivity index (χ0) is 22.1. The molecule has 2 N–H and O–H groups in total. The number of nitrogens with zero attached hydrogens (tertiary/aromatic N) is 2. The summed E-state index contributed by atoms with van der Waals surface area (Å²) in [5.41, 5.74) is 0.946. The van der Waals surface area contributed by atoms with E-state index in [0.29, 0.717) is 30.5 Å². The number of guanidine groups is 1. The van der Waals surface area contributed by atoms with Crippen molar-refractivity contribution in [3.8, 4) is 17.2 Å².